The van der Waals surface area contributed by atoms with Crippen LogP contribution in [-0.4, -0.2) is 10.1 Å². The minimum Gasteiger partial charge on any atom is -0.381 e. The predicted molar refractivity (Wildman–Crippen MR) is 68.8 cm³/mol. The van der Waals surface area contributed by atoms with Gasteiger partial charge in [-0.1, -0.05) is 12.1 Å². The molecule has 1 unspecified atom stereocenters. The summed E-state index contributed by atoms with van der Waals surface area (Å²) in [6.45, 7) is 3.67. The van der Waals surface area contributed by atoms with E-state index in [9.17, 15) is 5.11 Å². The molecular formula is C15H14N2O. The third-order valence-electron chi connectivity index (χ3n) is 3.14. The molecule has 0 aliphatic carbocycles. The summed E-state index contributed by atoms with van der Waals surface area (Å²) in [6, 6.07) is 10.9. The number of nitrogens with zero attached hydrogens (tertiary/aromatic N) is 2. The summed E-state index contributed by atoms with van der Waals surface area (Å²) in [5, 5.41) is 19.4. The van der Waals surface area contributed by atoms with E-state index in [1.165, 1.54) is 0 Å². The zero-order valence-electron chi connectivity index (χ0n) is 10.4. The smallest absolute Gasteiger partial charge is 0.114 e. The maximum absolute atomic E-state index is 10.7. The topological polar surface area (TPSA) is 56.9 Å². The molecule has 1 atom stereocenters. The molecule has 0 amide bonds. The maximum atomic E-state index is 10.7. The average molecular weight is 238 g/mol. The van der Waals surface area contributed by atoms with Crippen molar-refractivity contribution < 1.29 is 5.11 Å². The highest BCUT2D eigenvalue weighted by atomic mass is 16.3. The monoisotopic (exact) mass is 238 g/mol. The van der Waals surface area contributed by atoms with Crippen LogP contribution in [0.25, 0.3) is 0 Å². The van der Waals surface area contributed by atoms with Gasteiger partial charge in [0.2, 0.25) is 0 Å². The molecule has 18 heavy (non-hydrogen) atoms. The van der Waals surface area contributed by atoms with Crippen molar-refractivity contribution in [3.05, 3.63) is 65.0 Å². The lowest BCUT2D eigenvalue weighted by Gasteiger charge is -2.25. The zero-order chi connectivity index (χ0) is 13.2. The Balaban J connectivity index is 2.48. The van der Waals surface area contributed by atoms with Crippen LogP contribution in [0.15, 0.2) is 42.7 Å². The second kappa shape index (κ2) is 4.59. The van der Waals surface area contributed by atoms with Gasteiger partial charge in [-0.3, -0.25) is 4.98 Å². The van der Waals surface area contributed by atoms with E-state index in [4.69, 9.17) is 5.26 Å². The summed E-state index contributed by atoms with van der Waals surface area (Å²) < 4.78 is 0. The lowest BCUT2D eigenvalue weighted by molar-refractivity contribution is 0.101. The SMILES string of the molecule is Cc1ccncc1C(C)(O)c1ccc(C#N)cc1. The van der Waals surface area contributed by atoms with Gasteiger partial charge in [0.05, 0.1) is 11.6 Å². The molecule has 1 aromatic carbocycles. The summed E-state index contributed by atoms with van der Waals surface area (Å²) in [6.07, 6.45) is 3.38. The highest BCUT2D eigenvalue weighted by Gasteiger charge is 2.27. The van der Waals surface area contributed by atoms with E-state index in [1.807, 2.05) is 13.0 Å². The molecule has 2 aromatic rings. The molecule has 90 valence electrons. The molecule has 3 heteroatoms. The van der Waals surface area contributed by atoms with Crippen LogP contribution in [0, 0.1) is 18.3 Å². The second-order valence-electron chi connectivity index (χ2n) is 4.45. The van der Waals surface area contributed by atoms with E-state index in [2.05, 4.69) is 11.1 Å². The number of hydrogen-bond acceptors (Lipinski definition) is 3. The van der Waals surface area contributed by atoms with Gasteiger partial charge < -0.3 is 5.11 Å². The van der Waals surface area contributed by atoms with E-state index in [0.29, 0.717) is 5.56 Å². The Kier molecular flexibility index (Phi) is 3.14. The molecule has 0 fully saturated rings. The summed E-state index contributed by atoms with van der Waals surface area (Å²) in [5.41, 5.74) is 1.98. The Bertz CT molecular complexity index is 595. The van der Waals surface area contributed by atoms with Crippen molar-refractivity contribution in [2.24, 2.45) is 0 Å². The maximum Gasteiger partial charge on any atom is 0.114 e. The first-order valence-corrected chi connectivity index (χ1v) is 5.70. The molecule has 0 aliphatic heterocycles. The van der Waals surface area contributed by atoms with Crippen LogP contribution < -0.4 is 0 Å². The molecule has 0 saturated carbocycles. The normalized spacial score (nSPS) is 13.7. The molecule has 1 aromatic heterocycles. The van der Waals surface area contributed by atoms with E-state index in [-0.39, 0.29) is 0 Å². The van der Waals surface area contributed by atoms with Gasteiger partial charge in [-0.2, -0.15) is 5.26 Å². The number of rotatable bonds is 2. The van der Waals surface area contributed by atoms with Crippen LogP contribution in [0.4, 0.5) is 0 Å². The van der Waals surface area contributed by atoms with Crippen LogP contribution >= 0.6 is 0 Å². The second-order valence-corrected chi connectivity index (χ2v) is 4.45. The van der Waals surface area contributed by atoms with Crippen molar-refractivity contribution in [2.75, 3.05) is 0 Å². The van der Waals surface area contributed by atoms with E-state index in [1.54, 1.807) is 43.6 Å². The van der Waals surface area contributed by atoms with Gasteiger partial charge in [0.15, 0.2) is 0 Å². The number of benzene rings is 1. The summed E-state index contributed by atoms with van der Waals surface area (Å²) in [4.78, 5) is 4.06. The molecule has 3 nitrogen and oxygen atoms in total. The first-order valence-electron chi connectivity index (χ1n) is 5.70. The number of aliphatic hydroxyl groups is 1. The minimum atomic E-state index is -1.10. The molecule has 0 aliphatic rings. The Morgan fingerprint density at radius 2 is 1.89 bits per heavy atom. The Morgan fingerprint density at radius 1 is 1.22 bits per heavy atom. The van der Waals surface area contributed by atoms with Gasteiger partial charge in [0.1, 0.15) is 5.60 Å². The van der Waals surface area contributed by atoms with Gasteiger partial charge in [0.25, 0.3) is 0 Å². The van der Waals surface area contributed by atoms with Crippen LogP contribution in [0.1, 0.15) is 29.2 Å². The highest BCUT2D eigenvalue weighted by molar-refractivity contribution is 5.40. The third-order valence-corrected chi connectivity index (χ3v) is 3.14. The van der Waals surface area contributed by atoms with Crippen LogP contribution in [0.5, 0.6) is 0 Å². The number of pyridine rings is 1. The average Bonchev–Trinajstić information content (AvgIpc) is 2.39. The highest BCUT2D eigenvalue weighted by Crippen LogP contribution is 2.30. The Morgan fingerprint density at radius 3 is 2.44 bits per heavy atom. The number of hydrogen-bond donors (Lipinski definition) is 1. The lowest BCUT2D eigenvalue weighted by atomic mass is 9.86. The molecule has 0 saturated heterocycles. The zero-order valence-corrected chi connectivity index (χ0v) is 10.4. The quantitative estimate of drug-likeness (QED) is 0.874. The summed E-state index contributed by atoms with van der Waals surface area (Å²) in [5.74, 6) is 0. The van der Waals surface area contributed by atoms with E-state index in [0.717, 1.165) is 16.7 Å². The molecule has 0 radical (unpaired) electrons. The van der Waals surface area contributed by atoms with Gasteiger partial charge in [0, 0.05) is 18.0 Å². The fraction of sp³-hybridized carbons (Fsp3) is 0.200. The first-order chi connectivity index (χ1) is 8.55. The van der Waals surface area contributed by atoms with Crippen molar-refractivity contribution in [3.63, 3.8) is 0 Å². The van der Waals surface area contributed by atoms with E-state index >= 15 is 0 Å². The lowest BCUT2D eigenvalue weighted by Crippen LogP contribution is -2.24. The van der Waals surface area contributed by atoms with Gasteiger partial charge in [-0.05, 0) is 43.2 Å². The molecule has 1 N–H and O–H groups in total. The van der Waals surface area contributed by atoms with E-state index < -0.39 is 5.60 Å². The van der Waals surface area contributed by atoms with Gasteiger partial charge in [-0.25, -0.2) is 0 Å². The van der Waals surface area contributed by atoms with Crippen molar-refractivity contribution in [1.82, 2.24) is 4.98 Å². The predicted octanol–water partition coefficient (Wildman–Crippen LogP) is 2.52. The van der Waals surface area contributed by atoms with Crippen molar-refractivity contribution in [3.8, 4) is 6.07 Å². The van der Waals surface area contributed by atoms with Crippen molar-refractivity contribution in [2.45, 2.75) is 19.4 Å². The van der Waals surface area contributed by atoms with Crippen LogP contribution in [0.2, 0.25) is 0 Å². The number of aromatic nitrogens is 1. The van der Waals surface area contributed by atoms with Crippen molar-refractivity contribution in [1.29, 1.82) is 5.26 Å². The summed E-state index contributed by atoms with van der Waals surface area (Å²) in [7, 11) is 0. The fourth-order valence-corrected chi connectivity index (χ4v) is 2.00. The van der Waals surface area contributed by atoms with Crippen LogP contribution in [0.3, 0.4) is 0 Å². The van der Waals surface area contributed by atoms with Gasteiger partial charge in [-0.15, -0.1) is 0 Å². The standard InChI is InChI=1S/C15H14N2O/c1-11-7-8-17-10-14(11)15(2,18)13-5-3-12(9-16)4-6-13/h3-8,10,18H,1-2H3. The van der Waals surface area contributed by atoms with Crippen LogP contribution in [-0.2, 0) is 5.60 Å². The summed E-state index contributed by atoms with van der Waals surface area (Å²) >= 11 is 0. The molecular weight excluding hydrogens is 224 g/mol. The largest absolute Gasteiger partial charge is 0.381 e. The third kappa shape index (κ3) is 2.11. The molecule has 0 bridgehead atoms. The minimum absolute atomic E-state index is 0.581. The number of aryl methyl sites for hydroxylation is 1. The Labute approximate surface area is 106 Å². The fourth-order valence-electron chi connectivity index (χ4n) is 2.00. The molecule has 1 heterocycles. The molecule has 2 rings (SSSR count). The number of nitriles is 1. The molecule has 0 spiro atoms. The van der Waals surface area contributed by atoms with Gasteiger partial charge >= 0.3 is 0 Å². The first kappa shape index (κ1) is 12.3. The van der Waals surface area contributed by atoms with Crippen molar-refractivity contribution >= 4 is 0 Å². The Hall–Kier alpha value is -2.18.